The molecule has 86 valence electrons. The Hall–Kier alpha value is -2.12. The highest BCUT2D eigenvalue weighted by molar-refractivity contribution is 5.58. The lowest BCUT2D eigenvalue weighted by Gasteiger charge is -1.98. The van der Waals surface area contributed by atoms with Gasteiger partial charge in [-0.15, -0.1) is 6.42 Å². The Labute approximate surface area is 100 Å². The van der Waals surface area contributed by atoms with Crippen molar-refractivity contribution in [2.75, 3.05) is 6.54 Å². The van der Waals surface area contributed by atoms with E-state index in [0.717, 1.165) is 23.4 Å². The lowest BCUT2D eigenvalue weighted by molar-refractivity contribution is 0.716. The van der Waals surface area contributed by atoms with Crippen LogP contribution in [0.1, 0.15) is 5.56 Å². The average Bonchev–Trinajstić information content (AvgIpc) is 2.74. The van der Waals surface area contributed by atoms with Gasteiger partial charge >= 0.3 is 0 Å². The van der Waals surface area contributed by atoms with Crippen LogP contribution in [0.15, 0.2) is 30.6 Å². The molecule has 17 heavy (non-hydrogen) atoms. The molecule has 0 aliphatic carbocycles. The third-order valence-corrected chi connectivity index (χ3v) is 2.41. The Morgan fingerprint density at radius 2 is 2.29 bits per heavy atom. The van der Waals surface area contributed by atoms with Crippen molar-refractivity contribution in [3.8, 4) is 23.7 Å². The van der Waals surface area contributed by atoms with Gasteiger partial charge in [0, 0.05) is 18.0 Å². The highest BCUT2D eigenvalue weighted by atomic mass is 15.3. The normalized spacial score (nSPS) is 10.1. The summed E-state index contributed by atoms with van der Waals surface area (Å²) in [5.74, 6) is 2.57. The number of rotatable bonds is 4. The van der Waals surface area contributed by atoms with Crippen LogP contribution in [0, 0.1) is 12.3 Å². The summed E-state index contributed by atoms with van der Waals surface area (Å²) in [7, 11) is 0. The van der Waals surface area contributed by atoms with Crippen LogP contribution in [-0.2, 0) is 13.0 Å². The standard InChI is InChI=1S/C13H14N4/c1-2-9-17-10-11(6-7-14)13(16-17)12-5-3-4-8-15-12/h1,3-5,8,10H,6-7,9,14H2. The van der Waals surface area contributed by atoms with E-state index in [2.05, 4.69) is 16.0 Å². The zero-order valence-electron chi connectivity index (χ0n) is 9.50. The summed E-state index contributed by atoms with van der Waals surface area (Å²) in [6, 6.07) is 5.75. The van der Waals surface area contributed by atoms with Crippen LogP contribution in [0.2, 0.25) is 0 Å². The first kappa shape index (κ1) is 11.4. The number of hydrogen-bond donors (Lipinski definition) is 1. The van der Waals surface area contributed by atoms with E-state index < -0.39 is 0 Å². The van der Waals surface area contributed by atoms with Gasteiger partial charge in [-0.05, 0) is 25.1 Å². The largest absolute Gasteiger partial charge is 0.330 e. The molecule has 0 unspecified atom stereocenters. The van der Waals surface area contributed by atoms with Gasteiger partial charge in [0.25, 0.3) is 0 Å². The number of nitrogens with two attached hydrogens (primary N) is 1. The van der Waals surface area contributed by atoms with Gasteiger partial charge in [-0.2, -0.15) is 5.10 Å². The molecule has 4 heteroatoms. The van der Waals surface area contributed by atoms with Gasteiger partial charge in [0.05, 0.1) is 5.69 Å². The third kappa shape index (κ3) is 2.52. The molecule has 4 nitrogen and oxygen atoms in total. The van der Waals surface area contributed by atoms with E-state index in [1.54, 1.807) is 10.9 Å². The molecular weight excluding hydrogens is 212 g/mol. The summed E-state index contributed by atoms with van der Waals surface area (Å²) in [4.78, 5) is 4.30. The smallest absolute Gasteiger partial charge is 0.114 e. The summed E-state index contributed by atoms with van der Waals surface area (Å²) < 4.78 is 1.75. The fourth-order valence-corrected chi connectivity index (χ4v) is 1.69. The van der Waals surface area contributed by atoms with Gasteiger partial charge in [-0.25, -0.2) is 0 Å². The predicted octanol–water partition coefficient (Wildman–Crippen LogP) is 1.08. The van der Waals surface area contributed by atoms with E-state index in [1.807, 2.05) is 24.4 Å². The molecule has 0 atom stereocenters. The Balaban J connectivity index is 2.41. The molecular formula is C13H14N4. The molecule has 2 heterocycles. The first-order valence-electron chi connectivity index (χ1n) is 5.46. The number of nitrogens with zero attached hydrogens (tertiary/aromatic N) is 3. The minimum atomic E-state index is 0.463. The highest BCUT2D eigenvalue weighted by Crippen LogP contribution is 2.19. The van der Waals surface area contributed by atoms with Gasteiger partial charge in [0.2, 0.25) is 0 Å². The van der Waals surface area contributed by atoms with Gasteiger partial charge in [-0.1, -0.05) is 12.0 Å². The predicted molar refractivity (Wildman–Crippen MR) is 67.0 cm³/mol. The van der Waals surface area contributed by atoms with E-state index >= 15 is 0 Å². The minimum Gasteiger partial charge on any atom is -0.330 e. The van der Waals surface area contributed by atoms with Crippen molar-refractivity contribution in [2.24, 2.45) is 5.73 Å². The fourth-order valence-electron chi connectivity index (χ4n) is 1.69. The molecule has 0 spiro atoms. The maximum atomic E-state index is 5.59. The molecule has 0 aliphatic rings. The van der Waals surface area contributed by atoms with E-state index in [4.69, 9.17) is 12.2 Å². The van der Waals surface area contributed by atoms with Gasteiger partial charge in [-0.3, -0.25) is 9.67 Å². The van der Waals surface area contributed by atoms with Crippen molar-refractivity contribution in [3.63, 3.8) is 0 Å². The van der Waals surface area contributed by atoms with E-state index in [9.17, 15) is 0 Å². The topological polar surface area (TPSA) is 56.7 Å². The second-order valence-electron chi connectivity index (χ2n) is 3.66. The van der Waals surface area contributed by atoms with Crippen LogP contribution in [0.25, 0.3) is 11.4 Å². The second kappa shape index (κ2) is 5.28. The van der Waals surface area contributed by atoms with Crippen molar-refractivity contribution in [1.82, 2.24) is 14.8 Å². The Morgan fingerprint density at radius 1 is 1.41 bits per heavy atom. The zero-order valence-corrected chi connectivity index (χ0v) is 9.50. The van der Waals surface area contributed by atoms with Crippen molar-refractivity contribution >= 4 is 0 Å². The Morgan fingerprint density at radius 3 is 2.94 bits per heavy atom. The molecule has 2 rings (SSSR count). The summed E-state index contributed by atoms with van der Waals surface area (Å²) in [5, 5.41) is 4.44. The monoisotopic (exact) mass is 226 g/mol. The number of aromatic nitrogens is 3. The maximum Gasteiger partial charge on any atom is 0.114 e. The fraction of sp³-hybridized carbons (Fsp3) is 0.231. The molecule has 0 saturated heterocycles. The van der Waals surface area contributed by atoms with Crippen LogP contribution in [0.3, 0.4) is 0 Å². The number of terminal acetylenes is 1. The van der Waals surface area contributed by atoms with E-state index in [0.29, 0.717) is 13.1 Å². The van der Waals surface area contributed by atoms with Gasteiger partial charge < -0.3 is 5.73 Å². The summed E-state index contributed by atoms with van der Waals surface area (Å²) in [6.07, 6.45) is 9.75. The van der Waals surface area contributed by atoms with Crippen molar-refractivity contribution in [3.05, 3.63) is 36.2 Å². The first-order valence-corrected chi connectivity index (χ1v) is 5.46. The van der Waals surface area contributed by atoms with Crippen molar-refractivity contribution in [2.45, 2.75) is 13.0 Å². The van der Waals surface area contributed by atoms with Crippen molar-refractivity contribution in [1.29, 1.82) is 0 Å². The Bertz CT molecular complexity index is 522. The first-order chi connectivity index (χ1) is 8.35. The molecule has 0 aliphatic heterocycles. The SMILES string of the molecule is C#CCn1cc(CCN)c(-c2ccccn2)n1. The molecule has 2 N–H and O–H groups in total. The van der Waals surface area contributed by atoms with Crippen LogP contribution in [0.4, 0.5) is 0 Å². The molecule has 0 aromatic carbocycles. The average molecular weight is 226 g/mol. The van der Waals surface area contributed by atoms with Gasteiger partial charge in [0.1, 0.15) is 12.2 Å². The molecule has 2 aromatic heterocycles. The van der Waals surface area contributed by atoms with Crippen LogP contribution >= 0.6 is 0 Å². The molecule has 0 bridgehead atoms. The quantitative estimate of drug-likeness (QED) is 0.794. The van der Waals surface area contributed by atoms with E-state index in [1.165, 1.54) is 0 Å². The highest BCUT2D eigenvalue weighted by Gasteiger charge is 2.10. The molecule has 0 saturated carbocycles. The summed E-state index contributed by atoms with van der Waals surface area (Å²) >= 11 is 0. The molecule has 0 fully saturated rings. The second-order valence-corrected chi connectivity index (χ2v) is 3.66. The molecule has 0 amide bonds. The number of hydrogen-bond acceptors (Lipinski definition) is 3. The van der Waals surface area contributed by atoms with Crippen LogP contribution < -0.4 is 5.73 Å². The van der Waals surface area contributed by atoms with Crippen molar-refractivity contribution < 1.29 is 0 Å². The van der Waals surface area contributed by atoms with E-state index in [-0.39, 0.29) is 0 Å². The lowest BCUT2D eigenvalue weighted by atomic mass is 10.1. The minimum absolute atomic E-state index is 0.463. The molecule has 0 radical (unpaired) electrons. The maximum absolute atomic E-state index is 5.59. The lowest BCUT2D eigenvalue weighted by Crippen LogP contribution is -2.03. The van der Waals surface area contributed by atoms with Gasteiger partial charge in [0.15, 0.2) is 0 Å². The van der Waals surface area contributed by atoms with Crippen LogP contribution in [0.5, 0.6) is 0 Å². The third-order valence-electron chi connectivity index (χ3n) is 2.41. The molecule has 2 aromatic rings. The Kier molecular flexibility index (Phi) is 3.53. The number of pyridine rings is 1. The zero-order chi connectivity index (χ0) is 12.1. The summed E-state index contributed by atoms with van der Waals surface area (Å²) in [6.45, 7) is 1.05. The van der Waals surface area contributed by atoms with Crippen LogP contribution in [-0.4, -0.2) is 21.3 Å². The summed E-state index contributed by atoms with van der Waals surface area (Å²) in [5.41, 5.74) is 8.40.